The summed E-state index contributed by atoms with van der Waals surface area (Å²) in [4.78, 5) is 43.0. The molecule has 2 aliphatic heterocycles. The van der Waals surface area contributed by atoms with Crippen LogP contribution in [0.2, 0.25) is 5.02 Å². The van der Waals surface area contributed by atoms with Gasteiger partial charge in [0.15, 0.2) is 11.5 Å². The van der Waals surface area contributed by atoms with Crippen LogP contribution in [-0.4, -0.2) is 30.7 Å². The molecule has 0 unspecified atom stereocenters. The van der Waals surface area contributed by atoms with Crippen LogP contribution in [0.25, 0.3) is 0 Å². The first-order chi connectivity index (χ1) is 20.5. The fraction of sp³-hybridized carbons (Fsp3) is 0.152. The lowest BCUT2D eigenvalue weighted by atomic mass is 9.47. The maximum atomic E-state index is 14.4. The molecule has 1 fully saturated rings. The standard InChI is InChI=1S/C33H22ClN3O5/c34-23-11-5-6-12-24(23)37-31(39)28-27-19-7-1-3-9-21(19)33(29(28)32(37)40,22-10-4-2-8-20(22)27)16-35-36-30(38)18-13-14-25-26(15-18)42-17-41-25/h1-16,27-29H,17H2,(H,36,38)/b35-16-/t27?,28-,29+,33?/m1/s1. The van der Waals surface area contributed by atoms with Crippen LogP contribution in [0.1, 0.15) is 38.5 Å². The molecule has 8 nitrogen and oxygen atoms in total. The molecule has 1 N–H and O–H groups in total. The number of anilines is 1. The minimum Gasteiger partial charge on any atom is -0.454 e. The number of benzene rings is 4. The number of nitrogens with one attached hydrogen (secondary N) is 1. The van der Waals surface area contributed by atoms with Crippen molar-refractivity contribution in [2.24, 2.45) is 16.9 Å². The number of para-hydroxylation sites is 1. The zero-order chi connectivity index (χ0) is 28.6. The molecule has 3 aliphatic carbocycles. The third kappa shape index (κ3) is 3.24. The highest BCUT2D eigenvalue weighted by Gasteiger charge is 2.68. The molecule has 4 aromatic carbocycles. The van der Waals surface area contributed by atoms with E-state index < -0.39 is 23.2 Å². The zero-order valence-corrected chi connectivity index (χ0v) is 22.7. The van der Waals surface area contributed by atoms with E-state index in [1.165, 1.54) is 4.90 Å². The second-order valence-corrected chi connectivity index (χ2v) is 11.2. The molecule has 1 saturated heterocycles. The smallest absolute Gasteiger partial charge is 0.271 e. The Kier molecular flexibility index (Phi) is 5.33. The summed E-state index contributed by atoms with van der Waals surface area (Å²) in [5.41, 5.74) is 5.93. The Labute approximate surface area is 245 Å². The lowest BCUT2D eigenvalue weighted by Gasteiger charge is -2.52. The molecule has 4 aromatic rings. The predicted octanol–water partition coefficient (Wildman–Crippen LogP) is 5.04. The summed E-state index contributed by atoms with van der Waals surface area (Å²) >= 11 is 6.51. The molecule has 5 aliphatic rings. The van der Waals surface area contributed by atoms with Crippen LogP contribution in [-0.2, 0) is 15.0 Å². The van der Waals surface area contributed by atoms with E-state index in [0.29, 0.717) is 27.8 Å². The topological polar surface area (TPSA) is 97.3 Å². The Balaban J connectivity index is 1.27. The highest BCUT2D eigenvalue weighted by Crippen LogP contribution is 2.63. The summed E-state index contributed by atoms with van der Waals surface area (Å²) in [7, 11) is 0. The average Bonchev–Trinajstić information content (AvgIpc) is 3.60. The number of carbonyl (C=O) groups is 3. The summed E-state index contributed by atoms with van der Waals surface area (Å²) in [6.07, 6.45) is 1.63. The second kappa shape index (κ2) is 9.03. The Morgan fingerprint density at radius 3 is 2.29 bits per heavy atom. The average molecular weight is 576 g/mol. The van der Waals surface area contributed by atoms with Gasteiger partial charge in [0.05, 0.1) is 28.0 Å². The van der Waals surface area contributed by atoms with Gasteiger partial charge in [-0.15, -0.1) is 0 Å². The molecule has 9 heteroatoms. The Morgan fingerprint density at radius 1 is 0.881 bits per heavy atom. The van der Waals surface area contributed by atoms with E-state index in [-0.39, 0.29) is 24.5 Å². The first kappa shape index (κ1) is 24.8. The molecule has 206 valence electrons. The van der Waals surface area contributed by atoms with Gasteiger partial charge < -0.3 is 9.47 Å². The van der Waals surface area contributed by atoms with Crippen molar-refractivity contribution in [1.82, 2.24) is 5.43 Å². The highest BCUT2D eigenvalue weighted by atomic mass is 35.5. The fourth-order valence-electron chi connectivity index (χ4n) is 7.22. The number of nitrogens with zero attached hydrogens (tertiary/aromatic N) is 2. The van der Waals surface area contributed by atoms with Gasteiger partial charge in [-0.1, -0.05) is 72.3 Å². The largest absolute Gasteiger partial charge is 0.454 e. The van der Waals surface area contributed by atoms with Crippen molar-refractivity contribution in [1.29, 1.82) is 0 Å². The number of hydrogen-bond acceptors (Lipinski definition) is 6. The number of fused-ring (bicyclic) bond motifs is 1. The summed E-state index contributed by atoms with van der Waals surface area (Å²) in [6, 6.07) is 27.5. The van der Waals surface area contributed by atoms with Gasteiger partial charge in [-0.05, 0) is 52.6 Å². The molecule has 3 amide bonds. The molecule has 2 heterocycles. The van der Waals surface area contributed by atoms with Crippen LogP contribution in [0, 0.1) is 11.8 Å². The molecule has 2 atom stereocenters. The predicted molar refractivity (Wildman–Crippen MR) is 155 cm³/mol. The molecule has 42 heavy (non-hydrogen) atoms. The summed E-state index contributed by atoms with van der Waals surface area (Å²) < 4.78 is 10.7. The molecule has 0 saturated carbocycles. The van der Waals surface area contributed by atoms with Gasteiger partial charge in [0.1, 0.15) is 0 Å². The summed E-state index contributed by atoms with van der Waals surface area (Å²) in [5.74, 6) is -1.82. The van der Waals surface area contributed by atoms with E-state index in [1.54, 1.807) is 48.7 Å². The molecule has 9 rings (SSSR count). The number of imide groups is 1. The summed E-state index contributed by atoms with van der Waals surface area (Å²) in [5, 5.41) is 4.78. The van der Waals surface area contributed by atoms with Crippen molar-refractivity contribution in [3.8, 4) is 11.5 Å². The summed E-state index contributed by atoms with van der Waals surface area (Å²) in [6.45, 7) is 0.0986. The van der Waals surface area contributed by atoms with E-state index >= 15 is 0 Å². The van der Waals surface area contributed by atoms with Crippen molar-refractivity contribution >= 4 is 41.2 Å². The molecule has 0 radical (unpaired) electrons. The van der Waals surface area contributed by atoms with E-state index in [2.05, 4.69) is 10.5 Å². The number of halogens is 1. The van der Waals surface area contributed by atoms with Crippen molar-refractivity contribution in [2.75, 3.05) is 11.7 Å². The maximum Gasteiger partial charge on any atom is 0.271 e. The van der Waals surface area contributed by atoms with E-state index in [9.17, 15) is 14.4 Å². The van der Waals surface area contributed by atoms with Crippen LogP contribution in [0.3, 0.4) is 0 Å². The van der Waals surface area contributed by atoms with Gasteiger partial charge in [0.25, 0.3) is 5.91 Å². The number of ether oxygens (including phenoxy) is 2. The fourth-order valence-corrected chi connectivity index (χ4v) is 7.44. The number of hydrazone groups is 1. The van der Waals surface area contributed by atoms with Crippen LogP contribution in [0.4, 0.5) is 5.69 Å². The van der Waals surface area contributed by atoms with Crippen LogP contribution in [0.15, 0.2) is 96.1 Å². The van der Waals surface area contributed by atoms with Crippen LogP contribution in [0.5, 0.6) is 11.5 Å². The number of amides is 3. The highest BCUT2D eigenvalue weighted by molar-refractivity contribution is 6.36. The molecular formula is C33H22ClN3O5. The minimum absolute atomic E-state index is 0.0986. The first-order valence-electron chi connectivity index (χ1n) is 13.6. The lowest BCUT2D eigenvalue weighted by Crippen LogP contribution is -2.54. The molecule has 0 spiro atoms. The Morgan fingerprint density at radius 2 is 1.55 bits per heavy atom. The van der Waals surface area contributed by atoms with Crippen molar-refractivity contribution in [3.05, 3.63) is 124 Å². The molecule has 2 bridgehead atoms. The van der Waals surface area contributed by atoms with Gasteiger partial charge in [0.2, 0.25) is 18.6 Å². The normalized spacial score (nSPS) is 24.5. The van der Waals surface area contributed by atoms with E-state index in [0.717, 1.165) is 22.3 Å². The van der Waals surface area contributed by atoms with E-state index in [1.807, 2.05) is 48.5 Å². The second-order valence-electron chi connectivity index (χ2n) is 10.8. The zero-order valence-electron chi connectivity index (χ0n) is 22.0. The van der Waals surface area contributed by atoms with Gasteiger partial charge in [-0.2, -0.15) is 5.10 Å². The van der Waals surface area contributed by atoms with Gasteiger partial charge in [-0.3, -0.25) is 14.4 Å². The van der Waals surface area contributed by atoms with Crippen LogP contribution < -0.4 is 19.8 Å². The Hall–Kier alpha value is -4.95. The minimum atomic E-state index is -1.11. The lowest BCUT2D eigenvalue weighted by molar-refractivity contribution is -0.122. The van der Waals surface area contributed by atoms with Crippen molar-refractivity contribution < 1.29 is 23.9 Å². The quantitative estimate of drug-likeness (QED) is 0.209. The SMILES string of the molecule is O=C(N/N=C\C12c3ccccc3C(c3ccccc31)[C@H]1C(=O)N(c3ccccc3Cl)C(=O)[C@H]12)c1ccc2c(c1)OCO2. The Bertz CT molecular complexity index is 1820. The molecule has 0 aromatic heterocycles. The van der Waals surface area contributed by atoms with Crippen LogP contribution >= 0.6 is 11.6 Å². The third-order valence-corrected chi connectivity index (χ3v) is 9.17. The van der Waals surface area contributed by atoms with Gasteiger partial charge in [-0.25, -0.2) is 10.3 Å². The van der Waals surface area contributed by atoms with Gasteiger partial charge in [0, 0.05) is 17.7 Å². The number of rotatable bonds is 4. The number of carbonyl (C=O) groups excluding carboxylic acids is 3. The number of hydrogen-bond donors (Lipinski definition) is 1. The van der Waals surface area contributed by atoms with Gasteiger partial charge >= 0.3 is 0 Å². The van der Waals surface area contributed by atoms with E-state index in [4.69, 9.17) is 21.1 Å². The van der Waals surface area contributed by atoms with Crippen molar-refractivity contribution in [3.63, 3.8) is 0 Å². The maximum absolute atomic E-state index is 14.4. The monoisotopic (exact) mass is 575 g/mol. The van der Waals surface area contributed by atoms with Crippen molar-refractivity contribution in [2.45, 2.75) is 11.3 Å². The first-order valence-corrected chi connectivity index (χ1v) is 13.9. The third-order valence-electron chi connectivity index (χ3n) is 8.85. The molecular weight excluding hydrogens is 554 g/mol.